The number of benzene rings is 2. The number of anilines is 1. The van der Waals surface area contributed by atoms with Gasteiger partial charge in [0.05, 0.1) is 18.3 Å². The van der Waals surface area contributed by atoms with Gasteiger partial charge in [0.2, 0.25) is 11.8 Å². The molecule has 6 nitrogen and oxygen atoms in total. The minimum Gasteiger partial charge on any atom is -0.441 e. The number of amides is 2. The maximum Gasteiger partial charge on any atom is 0.243 e. The molecule has 9 heteroatoms. The van der Waals surface area contributed by atoms with Gasteiger partial charge >= 0.3 is 0 Å². The van der Waals surface area contributed by atoms with Crippen molar-refractivity contribution in [2.24, 2.45) is 0 Å². The van der Waals surface area contributed by atoms with Crippen molar-refractivity contribution >= 4 is 29.1 Å². The summed E-state index contributed by atoms with van der Waals surface area (Å²) in [5.41, 5.74) is 0.980. The highest BCUT2D eigenvalue weighted by Crippen LogP contribution is 2.27. The molecule has 0 bridgehead atoms. The fourth-order valence-electron chi connectivity index (χ4n) is 2.70. The number of oxazole rings is 1. The molecule has 0 aliphatic heterocycles. The number of carbonyl (C=O) groups is 2. The van der Waals surface area contributed by atoms with Crippen LogP contribution in [0.2, 0.25) is 5.02 Å². The van der Waals surface area contributed by atoms with E-state index in [0.717, 1.165) is 17.7 Å². The summed E-state index contributed by atoms with van der Waals surface area (Å²) in [6, 6.07) is 8.61. The minimum absolute atomic E-state index is 0.0107. The molecule has 0 saturated carbocycles. The van der Waals surface area contributed by atoms with Crippen LogP contribution in [0, 0.1) is 18.6 Å². The molecule has 0 atom stereocenters. The summed E-state index contributed by atoms with van der Waals surface area (Å²) < 4.78 is 33.0. The largest absolute Gasteiger partial charge is 0.441 e. The van der Waals surface area contributed by atoms with Crippen LogP contribution in [0.5, 0.6) is 0 Å². The Morgan fingerprint density at radius 2 is 1.80 bits per heavy atom. The van der Waals surface area contributed by atoms with E-state index in [1.165, 1.54) is 12.3 Å². The lowest BCUT2D eigenvalue weighted by Gasteiger charge is -2.10. The van der Waals surface area contributed by atoms with Crippen molar-refractivity contribution in [1.82, 2.24) is 10.3 Å². The van der Waals surface area contributed by atoms with Crippen LogP contribution in [0.25, 0.3) is 11.3 Å². The molecule has 1 heterocycles. The number of aryl methyl sites for hydroxylation is 1. The highest BCUT2D eigenvalue weighted by molar-refractivity contribution is 6.31. The van der Waals surface area contributed by atoms with E-state index in [-0.39, 0.29) is 36.6 Å². The number of nitrogens with zero attached hydrogens (tertiary/aromatic N) is 1. The van der Waals surface area contributed by atoms with Crippen LogP contribution in [-0.2, 0) is 16.0 Å². The summed E-state index contributed by atoms with van der Waals surface area (Å²) in [5, 5.41) is 5.69. The maximum absolute atomic E-state index is 13.8. The van der Waals surface area contributed by atoms with Gasteiger partial charge in [0.1, 0.15) is 11.6 Å². The molecule has 0 unspecified atom stereocenters. The highest BCUT2D eigenvalue weighted by Gasteiger charge is 2.16. The zero-order chi connectivity index (χ0) is 21.7. The number of nitrogens with one attached hydrogen (secondary N) is 2. The fourth-order valence-corrected chi connectivity index (χ4v) is 2.87. The third-order valence-corrected chi connectivity index (χ3v) is 4.73. The summed E-state index contributed by atoms with van der Waals surface area (Å²) in [5.74, 6) is -2.24. The van der Waals surface area contributed by atoms with Crippen LogP contribution in [0.3, 0.4) is 0 Å². The Hall–Kier alpha value is -3.26. The van der Waals surface area contributed by atoms with E-state index >= 15 is 0 Å². The molecule has 156 valence electrons. The van der Waals surface area contributed by atoms with E-state index in [1.54, 1.807) is 25.1 Å². The number of rotatable bonds is 7. The van der Waals surface area contributed by atoms with Crippen molar-refractivity contribution in [3.05, 3.63) is 70.7 Å². The van der Waals surface area contributed by atoms with Crippen LogP contribution in [0.1, 0.15) is 17.9 Å². The van der Waals surface area contributed by atoms with Gasteiger partial charge < -0.3 is 15.1 Å². The second kappa shape index (κ2) is 9.49. The van der Waals surface area contributed by atoms with E-state index in [0.29, 0.717) is 10.7 Å². The second-order valence-corrected chi connectivity index (χ2v) is 6.86. The first-order valence-electron chi connectivity index (χ1n) is 9.06. The van der Waals surface area contributed by atoms with E-state index in [2.05, 4.69) is 15.6 Å². The predicted molar refractivity (Wildman–Crippen MR) is 108 cm³/mol. The molecular formula is C21H18ClF2N3O3. The lowest BCUT2D eigenvalue weighted by Crippen LogP contribution is -2.33. The van der Waals surface area contributed by atoms with Crippen LogP contribution >= 0.6 is 11.6 Å². The summed E-state index contributed by atoms with van der Waals surface area (Å²) in [6.07, 6.45) is 1.30. The Labute approximate surface area is 176 Å². The highest BCUT2D eigenvalue weighted by atomic mass is 35.5. The molecule has 0 saturated heterocycles. The molecule has 3 rings (SSSR count). The summed E-state index contributed by atoms with van der Waals surface area (Å²) in [7, 11) is 0. The van der Waals surface area contributed by atoms with Gasteiger partial charge in [-0.3, -0.25) is 9.59 Å². The van der Waals surface area contributed by atoms with Gasteiger partial charge in [0.25, 0.3) is 0 Å². The number of halogens is 3. The molecule has 0 aliphatic rings. The summed E-state index contributed by atoms with van der Waals surface area (Å²) in [4.78, 5) is 27.9. The van der Waals surface area contributed by atoms with Crippen LogP contribution in [0.4, 0.5) is 14.5 Å². The van der Waals surface area contributed by atoms with Crippen molar-refractivity contribution in [3.63, 3.8) is 0 Å². The molecule has 2 amide bonds. The Morgan fingerprint density at radius 1 is 1.10 bits per heavy atom. The molecule has 0 radical (unpaired) electrons. The predicted octanol–water partition coefficient (Wildman–Crippen LogP) is 4.27. The Balaban J connectivity index is 1.49. The van der Waals surface area contributed by atoms with E-state index in [1.807, 2.05) is 0 Å². The summed E-state index contributed by atoms with van der Waals surface area (Å²) in [6.45, 7) is 1.55. The average Bonchev–Trinajstić information content (AvgIpc) is 3.17. The molecule has 0 aliphatic carbocycles. The smallest absolute Gasteiger partial charge is 0.243 e. The SMILES string of the molecule is Cc1c(Cl)cccc1NC(=O)CNC(=O)CCc1ncc(-c2c(F)cccc2F)o1. The van der Waals surface area contributed by atoms with Gasteiger partial charge in [-0.05, 0) is 36.8 Å². The van der Waals surface area contributed by atoms with Crippen LogP contribution in [0.15, 0.2) is 47.0 Å². The van der Waals surface area contributed by atoms with Crippen molar-refractivity contribution in [3.8, 4) is 11.3 Å². The first-order valence-corrected chi connectivity index (χ1v) is 9.43. The second-order valence-electron chi connectivity index (χ2n) is 6.45. The van der Waals surface area contributed by atoms with Gasteiger partial charge in [-0.1, -0.05) is 23.7 Å². The van der Waals surface area contributed by atoms with Crippen LogP contribution < -0.4 is 10.6 Å². The number of hydrogen-bond acceptors (Lipinski definition) is 4. The van der Waals surface area contributed by atoms with Crippen molar-refractivity contribution in [2.45, 2.75) is 19.8 Å². The Morgan fingerprint density at radius 3 is 2.53 bits per heavy atom. The normalized spacial score (nSPS) is 10.7. The first kappa shape index (κ1) is 21.4. The average molecular weight is 434 g/mol. The molecule has 0 fully saturated rings. The number of hydrogen-bond donors (Lipinski definition) is 2. The van der Waals surface area contributed by atoms with Crippen molar-refractivity contribution < 1.29 is 22.8 Å². The van der Waals surface area contributed by atoms with E-state index in [4.69, 9.17) is 16.0 Å². The topological polar surface area (TPSA) is 84.2 Å². The number of carbonyl (C=O) groups excluding carboxylic acids is 2. The zero-order valence-electron chi connectivity index (χ0n) is 16.0. The lowest BCUT2D eigenvalue weighted by atomic mass is 10.1. The van der Waals surface area contributed by atoms with E-state index in [9.17, 15) is 18.4 Å². The third kappa shape index (κ3) is 5.21. The Bertz CT molecular complexity index is 1060. The van der Waals surface area contributed by atoms with Gasteiger partial charge in [0, 0.05) is 23.6 Å². The molecular weight excluding hydrogens is 416 g/mol. The fraction of sp³-hybridized carbons (Fsp3) is 0.190. The summed E-state index contributed by atoms with van der Waals surface area (Å²) >= 11 is 6.00. The maximum atomic E-state index is 13.8. The molecule has 0 spiro atoms. The van der Waals surface area contributed by atoms with Gasteiger partial charge in [-0.25, -0.2) is 13.8 Å². The molecule has 30 heavy (non-hydrogen) atoms. The number of aromatic nitrogens is 1. The first-order chi connectivity index (χ1) is 14.3. The lowest BCUT2D eigenvalue weighted by molar-refractivity contribution is -0.124. The van der Waals surface area contributed by atoms with E-state index < -0.39 is 23.4 Å². The van der Waals surface area contributed by atoms with Gasteiger partial charge in [0.15, 0.2) is 11.7 Å². The zero-order valence-corrected chi connectivity index (χ0v) is 16.7. The van der Waals surface area contributed by atoms with Crippen molar-refractivity contribution in [2.75, 3.05) is 11.9 Å². The molecule has 2 N–H and O–H groups in total. The molecule has 1 aromatic heterocycles. The van der Waals surface area contributed by atoms with Crippen molar-refractivity contribution in [1.29, 1.82) is 0 Å². The van der Waals surface area contributed by atoms with Crippen LogP contribution in [-0.4, -0.2) is 23.3 Å². The standard InChI is InChI=1S/C21H18ClF2N3O3/c1-12-13(22)4-2-7-16(12)27-19(29)11-25-18(28)8-9-20-26-10-17(30-20)21-14(23)5-3-6-15(21)24/h2-7,10H,8-9,11H2,1H3,(H,25,28)(H,27,29). The third-order valence-electron chi connectivity index (χ3n) is 4.32. The monoisotopic (exact) mass is 433 g/mol. The van der Waals surface area contributed by atoms with Gasteiger partial charge in [-0.15, -0.1) is 0 Å². The quantitative estimate of drug-likeness (QED) is 0.582. The molecule has 3 aromatic rings. The minimum atomic E-state index is -0.767. The molecule has 2 aromatic carbocycles. The van der Waals surface area contributed by atoms with Gasteiger partial charge in [-0.2, -0.15) is 0 Å². The Kier molecular flexibility index (Phi) is 6.79.